The van der Waals surface area contributed by atoms with Gasteiger partial charge in [0.2, 0.25) is 0 Å². The van der Waals surface area contributed by atoms with Crippen molar-refractivity contribution >= 4 is 35.1 Å². The smallest absolute Gasteiger partial charge is 0.321 e. The van der Waals surface area contributed by atoms with Crippen molar-refractivity contribution in [2.45, 2.75) is 13.8 Å². The summed E-state index contributed by atoms with van der Waals surface area (Å²) in [5, 5.41) is 3.47. The number of halogens is 1. The third-order valence-electron chi connectivity index (χ3n) is 3.36. The summed E-state index contributed by atoms with van der Waals surface area (Å²) in [6, 6.07) is 4.10. The van der Waals surface area contributed by atoms with E-state index in [1.54, 1.807) is 27.9 Å². The number of carbonyl (C=O) groups is 3. The van der Waals surface area contributed by atoms with E-state index in [1.165, 1.54) is 23.1 Å². The molecule has 2 rings (SSSR count). The average Bonchev–Trinajstić information content (AvgIpc) is 2.73. The third kappa shape index (κ3) is 3.46. The van der Waals surface area contributed by atoms with Crippen molar-refractivity contribution < 1.29 is 19.2 Å². The molecule has 7 nitrogen and oxygen atoms in total. The molecular formula is C15H18ClN3O4. The predicted molar refractivity (Wildman–Crippen MR) is 85.1 cm³/mol. The number of anilines is 1. The van der Waals surface area contributed by atoms with Gasteiger partial charge in [0, 0.05) is 19.8 Å². The van der Waals surface area contributed by atoms with Crippen LogP contribution in [-0.4, -0.2) is 48.5 Å². The van der Waals surface area contributed by atoms with Crippen LogP contribution in [0.1, 0.15) is 24.2 Å². The lowest BCUT2D eigenvalue weighted by Crippen LogP contribution is -2.35. The minimum Gasteiger partial charge on any atom is -0.331 e. The summed E-state index contributed by atoms with van der Waals surface area (Å²) in [7, 11) is 3.21. The molecule has 0 aromatic heterocycles. The van der Waals surface area contributed by atoms with Gasteiger partial charge in [0.05, 0.1) is 22.6 Å². The van der Waals surface area contributed by atoms with E-state index in [0.29, 0.717) is 5.69 Å². The highest BCUT2D eigenvalue weighted by Gasteiger charge is 2.44. The van der Waals surface area contributed by atoms with Gasteiger partial charge < -0.3 is 10.2 Å². The molecule has 4 amide bonds. The van der Waals surface area contributed by atoms with E-state index >= 15 is 0 Å². The van der Waals surface area contributed by atoms with Crippen molar-refractivity contribution in [1.82, 2.24) is 9.96 Å². The van der Waals surface area contributed by atoms with Gasteiger partial charge in [-0.3, -0.25) is 14.4 Å². The highest BCUT2D eigenvalue weighted by atomic mass is 35.5. The zero-order chi connectivity index (χ0) is 17.4. The first kappa shape index (κ1) is 17.2. The molecule has 23 heavy (non-hydrogen) atoms. The summed E-state index contributed by atoms with van der Waals surface area (Å²) >= 11 is 6.11. The molecule has 1 aliphatic heterocycles. The number of hydrogen-bond donors (Lipinski definition) is 1. The molecule has 1 aromatic rings. The Labute approximate surface area is 139 Å². The fourth-order valence-electron chi connectivity index (χ4n) is 1.88. The molecule has 1 fully saturated rings. The summed E-state index contributed by atoms with van der Waals surface area (Å²) < 4.78 is 0. The fraction of sp³-hybridized carbons (Fsp3) is 0.400. The Balaban J connectivity index is 2.20. The lowest BCUT2D eigenvalue weighted by atomic mass is 9.95. The van der Waals surface area contributed by atoms with E-state index in [-0.39, 0.29) is 23.2 Å². The van der Waals surface area contributed by atoms with Crippen molar-refractivity contribution in [2.24, 2.45) is 5.41 Å². The van der Waals surface area contributed by atoms with Crippen LogP contribution in [0, 0.1) is 5.41 Å². The Morgan fingerprint density at radius 1 is 1.35 bits per heavy atom. The lowest BCUT2D eigenvalue weighted by Gasteiger charge is -2.16. The average molecular weight is 340 g/mol. The maximum Gasteiger partial charge on any atom is 0.321 e. The summed E-state index contributed by atoms with van der Waals surface area (Å²) in [6.07, 6.45) is 0. The Morgan fingerprint density at radius 2 is 2.00 bits per heavy atom. The zero-order valence-electron chi connectivity index (χ0n) is 13.3. The first-order chi connectivity index (χ1) is 10.6. The minimum atomic E-state index is -0.748. The lowest BCUT2D eigenvalue weighted by molar-refractivity contribution is -0.150. The molecule has 1 aliphatic rings. The first-order valence-electron chi connectivity index (χ1n) is 6.93. The third-order valence-corrected chi connectivity index (χ3v) is 3.67. The maximum absolute atomic E-state index is 12.4. The van der Waals surface area contributed by atoms with E-state index in [1.807, 2.05) is 0 Å². The summed E-state index contributed by atoms with van der Waals surface area (Å²) in [5.41, 5.74) is -0.179. The summed E-state index contributed by atoms with van der Waals surface area (Å²) in [5.74, 6) is -1.04. The predicted octanol–water partition coefficient (Wildman–Crippen LogP) is 2.37. The standard InChI is InChI=1S/C15H18ClN3O4/c1-15(2)8-23-19(13(15)21)12(20)10-6-5-9(7-11(10)16)17-14(22)18(3)4/h5-7H,8H2,1-4H3,(H,17,22). The molecular weight excluding hydrogens is 322 g/mol. The van der Waals surface area contributed by atoms with Gasteiger partial charge in [0.1, 0.15) is 0 Å². The Morgan fingerprint density at radius 3 is 2.48 bits per heavy atom. The monoisotopic (exact) mass is 339 g/mol. The fourth-order valence-corrected chi connectivity index (χ4v) is 2.14. The molecule has 1 aromatic carbocycles. The molecule has 0 atom stereocenters. The Hall–Kier alpha value is -2.12. The quantitative estimate of drug-likeness (QED) is 0.839. The van der Waals surface area contributed by atoms with Crippen LogP contribution in [-0.2, 0) is 9.63 Å². The number of nitrogens with zero attached hydrogens (tertiary/aromatic N) is 2. The minimum absolute atomic E-state index is 0.118. The summed E-state index contributed by atoms with van der Waals surface area (Å²) in [6.45, 7) is 3.53. The van der Waals surface area contributed by atoms with E-state index in [9.17, 15) is 14.4 Å². The largest absolute Gasteiger partial charge is 0.331 e. The summed E-state index contributed by atoms with van der Waals surface area (Å²) in [4.78, 5) is 42.7. The van der Waals surface area contributed by atoms with Crippen molar-refractivity contribution in [2.75, 3.05) is 26.0 Å². The highest BCUT2D eigenvalue weighted by Crippen LogP contribution is 2.30. The molecule has 1 N–H and O–H groups in total. The molecule has 0 aliphatic carbocycles. The number of hydrogen-bond acceptors (Lipinski definition) is 4. The second-order valence-corrected chi connectivity index (χ2v) is 6.49. The van der Waals surface area contributed by atoms with Crippen LogP contribution in [0.5, 0.6) is 0 Å². The van der Waals surface area contributed by atoms with E-state index < -0.39 is 17.2 Å². The van der Waals surface area contributed by atoms with Gasteiger partial charge in [-0.05, 0) is 32.0 Å². The Bertz CT molecular complexity index is 673. The number of imide groups is 1. The number of carbonyl (C=O) groups excluding carboxylic acids is 3. The van der Waals surface area contributed by atoms with E-state index in [0.717, 1.165) is 5.06 Å². The van der Waals surface area contributed by atoms with Crippen molar-refractivity contribution in [1.29, 1.82) is 0 Å². The van der Waals surface area contributed by atoms with E-state index in [2.05, 4.69) is 5.32 Å². The molecule has 0 saturated carbocycles. The molecule has 0 spiro atoms. The van der Waals surface area contributed by atoms with Crippen molar-refractivity contribution in [3.8, 4) is 0 Å². The topological polar surface area (TPSA) is 79.0 Å². The van der Waals surface area contributed by atoms with Crippen LogP contribution in [0.4, 0.5) is 10.5 Å². The highest BCUT2D eigenvalue weighted by molar-refractivity contribution is 6.34. The van der Waals surface area contributed by atoms with Crippen LogP contribution in [0.15, 0.2) is 18.2 Å². The zero-order valence-corrected chi connectivity index (χ0v) is 14.1. The normalized spacial score (nSPS) is 16.4. The second-order valence-electron chi connectivity index (χ2n) is 6.08. The van der Waals surface area contributed by atoms with Crippen LogP contribution >= 0.6 is 11.6 Å². The molecule has 124 valence electrons. The van der Waals surface area contributed by atoms with Crippen LogP contribution in [0.25, 0.3) is 0 Å². The van der Waals surface area contributed by atoms with Gasteiger partial charge in [-0.2, -0.15) is 0 Å². The first-order valence-corrected chi connectivity index (χ1v) is 7.31. The van der Waals surface area contributed by atoms with Crippen molar-refractivity contribution in [3.05, 3.63) is 28.8 Å². The number of rotatable bonds is 2. The van der Waals surface area contributed by atoms with Crippen LogP contribution < -0.4 is 5.32 Å². The molecule has 0 radical (unpaired) electrons. The van der Waals surface area contributed by atoms with Crippen LogP contribution in [0.3, 0.4) is 0 Å². The van der Waals surface area contributed by atoms with Gasteiger partial charge >= 0.3 is 6.03 Å². The van der Waals surface area contributed by atoms with Gasteiger partial charge in [0.15, 0.2) is 0 Å². The number of benzene rings is 1. The molecule has 0 bridgehead atoms. The van der Waals surface area contributed by atoms with Crippen molar-refractivity contribution in [3.63, 3.8) is 0 Å². The molecule has 8 heteroatoms. The van der Waals surface area contributed by atoms with Gasteiger partial charge in [0.25, 0.3) is 11.8 Å². The van der Waals surface area contributed by atoms with E-state index in [4.69, 9.17) is 16.4 Å². The SMILES string of the molecule is CN(C)C(=O)Nc1ccc(C(=O)N2OCC(C)(C)C2=O)c(Cl)c1. The van der Waals surface area contributed by atoms with Gasteiger partial charge in [-0.1, -0.05) is 11.6 Å². The number of urea groups is 1. The molecule has 1 heterocycles. The number of hydroxylamine groups is 2. The second kappa shape index (κ2) is 6.17. The van der Waals surface area contributed by atoms with Gasteiger partial charge in [-0.25, -0.2) is 4.79 Å². The van der Waals surface area contributed by atoms with Crippen LogP contribution in [0.2, 0.25) is 5.02 Å². The Kier molecular flexibility index (Phi) is 4.63. The maximum atomic E-state index is 12.4. The number of amides is 4. The number of nitrogens with one attached hydrogen (secondary N) is 1. The molecule has 0 unspecified atom stereocenters. The van der Waals surface area contributed by atoms with Gasteiger partial charge in [-0.15, -0.1) is 5.06 Å². The molecule has 1 saturated heterocycles.